The normalized spacial score (nSPS) is 21.6. The fourth-order valence-corrected chi connectivity index (χ4v) is 4.13. The van der Waals surface area contributed by atoms with Crippen LogP contribution in [-0.2, 0) is 12.8 Å². The molecule has 2 aliphatic rings. The topological polar surface area (TPSA) is 38.2 Å². The molecule has 1 aliphatic heterocycles. The molecule has 1 aromatic heterocycles. The summed E-state index contributed by atoms with van der Waals surface area (Å²) in [7, 11) is 0. The Morgan fingerprint density at radius 3 is 2.54 bits per heavy atom. The van der Waals surface area contributed by atoms with Gasteiger partial charge in [0.1, 0.15) is 0 Å². The summed E-state index contributed by atoms with van der Waals surface area (Å²) < 4.78 is 6.68. The second-order valence-corrected chi connectivity index (χ2v) is 7.74. The first-order chi connectivity index (χ1) is 11.8. The average Bonchev–Trinajstić information content (AvgIpc) is 3.06. The van der Waals surface area contributed by atoms with Gasteiger partial charge in [0.25, 0.3) is 0 Å². The highest BCUT2D eigenvalue weighted by Crippen LogP contribution is 2.28. The smallest absolute Gasteiger partial charge is 0.316 e. The Bertz CT molecular complexity index is 666. The maximum absolute atomic E-state index is 5.80. The minimum Gasteiger partial charge on any atom is -0.463 e. The van der Waals surface area contributed by atoms with E-state index in [1.807, 2.05) is 0 Å². The minimum atomic E-state index is 0.476. The van der Waals surface area contributed by atoms with Gasteiger partial charge in [-0.1, -0.05) is 24.3 Å². The molecule has 0 saturated carbocycles. The molecule has 4 rings (SSSR count). The average molecular weight is 388 g/mol. The van der Waals surface area contributed by atoms with Gasteiger partial charge >= 0.3 is 6.01 Å². The number of benzene rings is 1. The monoisotopic (exact) mass is 387 g/mol. The van der Waals surface area contributed by atoms with E-state index in [0.29, 0.717) is 24.6 Å². The molecule has 4 nitrogen and oxygen atoms in total. The van der Waals surface area contributed by atoms with E-state index in [0.717, 1.165) is 11.0 Å². The molecule has 2 aromatic rings. The van der Waals surface area contributed by atoms with Gasteiger partial charge in [0.2, 0.25) is 0 Å². The zero-order chi connectivity index (χ0) is 16.4. The van der Waals surface area contributed by atoms with Crippen LogP contribution >= 0.6 is 15.9 Å². The summed E-state index contributed by atoms with van der Waals surface area (Å²) in [5.41, 5.74) is 3.06. The SMILES string of the molecule is Brc1cnc(OCC2CCCN(C3Cc4ccccc4C3)C2)nc1. The van der Waals surface area contributed by atoms with Crippen molar-refractivity contribution >= 4 is 15.9 Å². The molecular formula is C19H22BrN3O. The Morgan fingerprint density at radius 2 is 1.83 bits per heavy atom. The third-order valence-electron chi connectivity index (χ3n) is 5.14. The summed E-state index contributed by atoms with van der Waals surface area (Å²) >= 11 is 3.34. The predicted octanol–water partition coefficient (Wildman–Crippen LogP) is 3.50. The summed E-state index contributed by atoms with van der Waals surface area (Å²) in [5.74, 6) is 0.565. The quantitative estimate of drug-likeness (QED) is 0.804. The summed E-state index contributed by atoms with van der Waals surface area (Å²) in [4.78, 5) is 11.1. The van der Waals surface area contributed by atoms with Gasteiger partial charge in [-0.05, 0) is 59.3 Å². The van der Waals surface area contributed by atoms with E-state index in [1.165, 1.54) is 43.4 Å². The Morgan fingerprint density at radius 1 is 1.12 bits per heavy atom. The lowest BCUT2D eigenvalue weighted by molar-refractivity contribution is 0.0947. The second kappa shape index (κ2) is 7.19. The molecular weight excluding hydrogens is 366 g/mol. The molecule has 126 valence electrons. The van der Waals surface area contributed by atoms with Crippen molar-refractivity contribution in [2.45, 2.75) is 31.7 Å². The van der Waals surface area contributed by atoms with Crippen LogP contribution in [0.2, 0.25) is 0 Å². The van der Waals surface area contributed by atoms with Crippen LogP contribution < -0.4 is 4.74 Å². The molecule has 1 unspecified atom stereocenters. The van der Waals surface area contributed by atoms with Gasteiger partial charge in [-0.2, -0.15) is 0 Å². The zero-order valence-corrected chi connectivity index (χ0v) is 15.3. The Kier molecular flexibility index (Phi) is 4.81. The van der Waals surface area contributed by atoms with E-state index in [1.54, 1.807) is 12.4 Å². The van der Waals surface area contributed by atoms with Crippen molar-refractivity contribution < 1.29 is 4.74 Å². The van der Waals surface area contributed by atoms with Crippen molar-refractivity contribution in [1.29, 1.82) is 0 Å². The van der Waals surface area contributed by atoms with E-state index >= 15 is 0 Å². The van der Waals surface area contributed by atoms with Crippen LogP contribution in [0.25, 0.3) is 0 Å². The largest absolute Gasteiger partial charge is 0.463 e. The highest BCUT2D eigenvalue weighted by atomic mass is 79.9. The number of aromatic nitrogens is 2. The molecule has 1 fully saturated rings. The summed E-state index contributed by atoms with van der Waals surface area (Å²) in [6, 6.07) is 10.0. The summed E-state index contributed by atoms with van der Waals surface area (Å²) in [6.07, 6.45) is 8.32. The second-order valence-electron chi connectivity index (χ2n) is 6.83. The Labute approximate surface area is 151 Å². The third kappa shape index (κ3) is 3.62. The van der Waals surface area contributed by atoms with E-state index in [2.05, 4.69) is 55.1 Å². The first-order valence-electron chi connectivity index (χ1n) is 8.69. The van der Waals surface area contributed by atoms with Gasteiger partial charge in [-0.3, -0.25) is 4.90 Å². The van der Waals surface area contributed by atoms with Crippen molar-refractivity contribution in [2.75, 3.05) is 19.7 Å². The highest BCUT2D eigenvalue weighted by Gasteiger charge is 2.30. The molecule has 0 N–H and O–H groups in total. The van der Waals surface area contributed by atoms with Gasteiger partial charge in [-0.25, -0.2) is 9.97 Å². The molecule has 24 heavy (non-hydrogen) atoms. The molecule has 0 bridgehead atoms. The summed E-state index contributed by atoms with van der Waals surface area (Å²) in [6.45, 7) is 3.04. The van der Waals surface area contributed by atoms with Crippen LogP contribution in [0.15, 0.2) is 41.1 Å². The fraction of sp³-hybridized carbons (Fsp3) is 0.474. The van der Waals surface area contributed by atoms with Crippen LogP contribution in [0, 0.1) is 5.92 Å². The number of likely N-dealkylation sites (tertiary alicyclic amines) is 1. The van der Waals surface area contributed by atoms with Crippen molar-refractivity contribution in [3.05, 3.63) is 52.3 Å². The number of hydrogen-bond acceptors (Lipinski definition) is 4. The van der Waals surface area contributed by atoms with Gasteiger partial charge in [0, 0.05) is 30.9 Å². The standard InChI is InChI=1S/C19H22BrN3O/c20-17-10-21-19(22-11-17)24-13-14-4-3-7-23(12-14)18-8-15-5-1-2-6-16(15)9-18/h1-2,5-6,10-11,14,18H,3-4,7-9,12-13H2. The molecule has 1 aliphatic carbocycles. The van der Waals surface area contributed by atoms with Crippen LogP contribution in [0.1, 0.15) is 24.0 Å². The van der Waals surface area contributed by atoms with Gasteiger partial charge < -0.3 is 4.74 Å². The number of nitrogens with zero attached hydrogens (tertiary/aromatic N) is 3. The van der Waals surface area contributed by atoms with Gasteiger partial charge in [0.05, 0.1) is 11.1 Å². The lowest BCUT2D eigenvalue weighted by atomic mass is 9.97. The fourth-order valence-electron chi connectivity index (χ4n) is 3.93. The third-order valence-corrected chi connectivity index (χ3v) is 5.55. The number of fused-ring (bicyclic) bond motifs is 1. The summed E-state index contributed by atoms with van der Waals surface area (Å²) in [5, 5.41) is 0. The van der Waals surface area contributed by atoms with Crippen molar-refractivity contribution in [1.82, 2.24) is 14.9 Å². The van der Waals surface area contributed by atoms with Crippen molar-refractivity contribution in [3.8, 4) is 6.01 Å². The Hall–Kier alpha value is -1.46. The molecule has 0 radical (unpaired) electrons. The molecule has 1 atom stereocenters. The van der Waals surface area contributed by atoms with Crippen LogP contribution in [0.3, 0.4) is 0 Å². The number of rotatable bonds is 4. The number of piperidine rings is 1. The molecule has 2 heterocycles. The van der Waals surface area contributed by atoms with Crippen LogP contribution in [0.4, 0.5) is 0 Å². The predicted molar refractivity (Wildman–Crippen MR) is 97.2 cm³/mol. The lowest BCUT2D eigenvalue weighted by Gasteiger charge is -2.36. The lowest BCUT2D eigenvalue weighted by Crippen LogP contribution is -2.44. The van der Waals surface area contributed by atoms with E-state index < -0.39 is 0 Å². The first kappa shape index (κ1) is 16.0. The van der Waals surface area contributed by atoms with Gasteiger partial charge in [-0.15, -0.1) is 0 Å². The van der Waals surface area contributed by atoms with Gasteiger partial charge in [0.15, 0.2) is 0 Å². The zero-order valence-electron chi connectivity index (χ0n) is 13.7. The molecule has 1 aromatic carbocycles. The van der Waals surface area contributed by atoms with Crippen LogP contribution in [-0.4, -0.2) is 40.6 Å². The molecule has 1 saturated heterocycles. The van der Waals surface area contributed by atoms with Crippen molar-refractivity contribution in [3.63, 3.8) is 0 Å². The molecule has 5 heteroatoms. The van der Waals surface area contributed by atoms with Crippen molar-refractivity contribution in [2.24, 2.45) is 5.92 Å². The van der Waals surface area contributed by atoms with E-state index in [4.69, 9.17) is 4.74 Å². The molecule has 0 amide bonds. The number of halogens is 1. The molecule has 0 spiro atoms. The highest BCUT2D eigenvalue weighted by molar-refractivity contribution is 9.10. The maximum atomic E-state index is 5.80. The minimum absolute atomic E-state index is 0.476. The van der Waals surface area contributed by atoms with Crippen LogP contribution in [0.5, 0.6) is 6.01 Å². The van der Waals surface area contributed by atoms with E-state index in [-0.39, 0.29) is 0 Å². The maximum Gasteiger partial charge on any atom is 0.316 e. The first-order valence-corrected chi connectivity index (χ1v) is 9.48. The Balaban J connectivity index is 1.32. The van der Waals surface area contributed by atoms with E-state index in [9.17, 15) is 0 Å². The number of hydrogen-bond donors (Lipinski definition) is 0. The number of ether oxygens (including phenoxy) is 1.